The highest BCUT2D eigenvalue weighted by Crippen LogP contribution is 2.27. The second-order valence-electron chi connectivity index (χ2n) is 9.43. The smallest absolute Gasteiger partial charge is 0.255 e. The lowest BCUT2D eigenvalue weighted by Crippen LogP contribution is -2.40. The normalized spacial score (nSPS) is 14.4. The summed E-state index contributed by atoms with van der Waals surface area (Å²) in [5.74, 6) is 0.428. The van der Waals surface area contributed by atoms with Gasteiger partial charge in [-0.05, 0) is 76.1 Å². The maximum atomic E-state index is 14.5. The second-order valence-corrected chi connectivity index (χ2v) is 11.1. The Morgan fingerprint density at radius 3 is 2.47 bits per heavy atom. The van der Waals surface area contributed by atoms with E-state index >= 15 is 0 Å². The molecule has 0 spiro atoms. The topological polar surface area (TPSA) is 106 Å². The number of rotatable bonds is 5. The van der Waals surface area contributed by atoms with Crippen LogP contribution in [0.4, 0.5) is 10.1 Å². The van der Waals surface area contributed by atoms with Gasteiger partial charge in [0.15, 0.2) is 5.82 Å². The summed E-state index contributed by atoms with van der Waals surface area (Å²) in [5, 5.41) is 11.2. The van der Waals surface area contributed by atoms with Crippen LogP contribution in [0, 0.1) is 5.82 Å². The van der Waals surface area contributed by atoms with Gasteiger partial charge in [-0.1, -0.05) is 6.42 Å². The van der Waals surface area contributed by atoms with Crippen LogP contribution in [-0.4, -0.2) is 34.6 Å². The molecule has 0 fully saturated rings. The van der Waals surface area contributed by atoms with E-state index in [-0.39, 0.29) is 16.1 Å². The zero-order valence-electron chi connectivity index (χ0n) is 19.4. The first-order valence-corrected chi connectivity index (χ1v) is 12.7. The van der Waals surface area contributed by atoms with Crippen LogP contribution in [0.5, 0.6) is 0 Å². The Morgan fingerprint density at radius 2 is 1.76 bits per heavy atom. The summed E-state index contributed by atoms with van der Waals surface area (Å²) in [6, 6.07) is 9.94. The molecule has 2 heterocycles. The Labute approximate surface area is 198 Å². The Bertz CT molecular complexity index is 1310. The molecular weight excluding hydrogens is 457 g/mol. The van der Waals surface area contributed by atoms with Gasteiger partial charge in [-0.15, -0.1) is 10.2 Å². The number of aryl methyl sites for hydroxylation is 1. The van der Waals surface area contributed by atoms with Gasteiger partial charge in [0.1, 0.15) is 11.6 Å². The molecule has 0 radical (unpaired) electrons. The molecule has 2 aromatic carbocycles. The first kappa shape index (κ1) is 24.0. The van der Waals surface area contributed by atoms with Crippen molar-refractivity contribution in [2.75, 3.05) is 5.32 Å². The molecule has 0 saturated heterocycles. The van der Waals surface area contributed by atoms with Crippen LogP contribution in [0.25, 0.3) is 11.4 Å². The number of carbonyl (C=O) groups is 1. The highest BCUT2D eigenvalue weighted by atomic mass is 32.2. The van der Waals surface area contributed by atoms with Crippen molar-refractivity contribution in [3.63, 3.8) is 0 Å². The van der Waals surface area contributed by atoms with Gasteiger partial charge in [0, 0.05) is 29.6 Å². The molecule has 2 N–H and O–H groups in total. The second kappa shape index (κ2) is 9.27. The van der Waals surface area contributed by atoms with Crippen molar-refractivity contribution in [3.8, 4) is 11.4 Å². The molecule has 0 saturated carbocycles. The van der Waals surface area contributed by atoms with Crippen LogP contribution in [-0.2, 0) is 23.0 Å². The molecule has 0 unspecified atom stereocenters. The summed E-state index contributed by atoms with van der Waals surface area (Å²) in [7, 11) is -3.72. The van der Waals surface area contributed by atoms with E-state index < -0.39 is 27.3 Å². The zero-order chi connectivity index (χ0) is 24.5. The van der Waals surface area contributed by atoms with Crippen molar-refractivity contribution >= 4 is 21.6 Å². The molecule has 4 rings (SSSR count). The number of fused-ring (bicyclic) bond motifs is 1. The Kier molecular flexibility index (Phi) is 6.55. The van der Waals surface area contributed by atoms with Crippen LogP contribution in [0.15, 0.2) is 47.4 Å². The van der Waals surface area contributed by atoms with Gasteiger partial charge < -0.3 is 9.88 Å². The number of sulfonamides is 1. The lowest BCUT2D eigenvalue weighted by Gasteiger charge is -2.20. The van der Waals surface area contributed by atoms with Crippen LogP contribution in [0.3, 0.4) is 0 Å². The molecule has 1 aliphatic rings. The lowest BCUT2D eigenvalue weighted by molar-refractivity contribution is 0.102. The molecule has 0 bridgehead atoms. The summed E-state index contributed by atoms with van der Waals surface area (Å²) in [6.45, 7) is 6.03. The summed E-state index contributed by atoms with van der Waals surface area (Å²) >= 11 is 0. The zero-order valence-corrected chi connectivity index (χ0v) is 20.2. The van der Waals surface area contributed by atoms with Crippen molar-refractivity contribution in [1.82, 2.24) is 19.5 Å². The van der Waals surface area contributed by atoms with Crippen LogP contribution in [0.2, 0.25) is 0 Å². The number of carbonyl (C=O) groups excluding carboxylic acids is 1. The van der Waals surface area contributed by atoms with Gasteiger partial charge in [-0.25, -0.2) is 17.5 Å². The van der Waals surface area contributed by atoms with E-state index in [1.807, 2.05) is 0 Å². The van der Waals surface area contributed by atoms with E-state index in [0.717, 1.165) is 38.1 Å². The highest BCUT2D eigenvalue weighted by molar-refractivity contribution is 7.89. The fourth-order valence-corrected chi connectivity index (χ4v) is 5.32. The molecule has 34 heavy (non-hydrogen) atoms. The molecule has 0 aliphatic carbocycles. The largest absolute Gasteiger partial charge is 0.319 e. The predicted molar refractivity (Wildman–Crippen MR) is 127 cm³/mol. The number of hydrogen-bond donors (Lipinski definition) is 2. The molecule has 8 nitrogen and oxygen atoms in total. The Balaban J connectivity index is 1.55. The number of hydrogen-bond acceptors (Lipinski definition) is 5. The third kappa shape index (κ3) is 5.34. The molecule has 3 aromatic rings. The summed E-state index contributed by atoms with van der Waals surface area (Å²) in [6.07, 6.45) is 4.07. The van der Waals surface area contributed by atoms with Crippen molar-refractivity contribution in [3.05, 3.63) is 59.7 Å². The summed E-state index contributed by atoms with van der Waals surface area (Å²) in [4.78, 5) is 12.8. The molecule has 0 atom stereocenters. The fourth-order valence-electron chi connectivity index (χ4n) is 3.90. The first-order valence-electron chi connectivity index (χ1n) is 11.2. The average molecular weight is 486 g/mol. The molecule has 1 amide bonds. The molecule has 1 aliphatic heterocycles. The van der Waals surface area contributed by atoms with Crippen molar-refractivity contribution in [2.24, 2.45) is 0 Å². The number of nitrogens with one attached hydrogen (secondary N) is 2. The van der Waals surface area contributed by atoms with Crippen molar-refractivity contribution in [2.45, 2.75) is 63.4 Å². The third-order valence-electron chi connectivity index (χ3n) is 5.45. The molecular formula is C24H28FN5O3S. The van der Waals surface area contributed by atoms with Gasteiger partial charge in [-0.3, -0.25) is 4.79 Å². The van der Waals surface area contributed by atoms with Crippen molar-refractivity contribution in [1.29, 1.82) is 0 Å². The van der Waals surface area contributed by atoms with Crippen LogP contribution < -0.4 is 10.0 Å². The number of amides is 1. The van der Waals surface area contributed by atoms with Gasteiger partial charge in [0.25, 0.3) is 5.91 Å². The van der Waals surface area contributed by atoms with Gasteiger partial charge in [-0.2, -0.15) is 0 Å². The van der Waals surface area contributed by atoms with Gasteiger partial charge >= 0.3 is 0 Å². The number of aromatic nitrogens is 3. The molecule has 1 aromatic heterocycles. The maximum Gasteiger partial charge on any atom is 0.255 e. The highest BCUT2D eigenvalue weighted by Gasteiger charge is 2.22. The molecule has 10 heteroatoms. The van der Waals surface area contributed by atoms with E-state index in [2.05, 4.69) is 24.8 Å². The van der Waals surface area contributed by atoms with E-state index in [1.54, 1.807) is 32.9 Å². The van der Waals surface area contributed by atoms with E-state index in [9.17, 15) is 17.6 Å². The van der Waals surface area contributed by atoms with E-state index in [0.29, 0.717) is 11.4 Å². The quantitative estimate of drug-likeness (QED) is 0.565. The number of halogens is 1. The Hall–Kier alpha value is -3.11. The molecule has 180 valence electrons. The average Bonchev–Trinajstić information content (AvgIpc) is 3.01. The third-order valence-corrected chi connectivity index (χ3v) is 7.22. The lowest BCUT2D eigenvalue weighted by atomic mass is 10.1. The number of nitrogens with zero attached hydrogens (tertiary/aromatic N) is 3. The summed E-state index contributed by atoms with van der Waals surface area (Å²) < 4.78 is 44.1. The van der Waals surface area contributed by atoms with E-state index in [4.69, 9.17) is 0 Å². The number of anilines is 1. The van der Waals surface area contributed by atoms with E-state index in [1.165, 1.54) is 30.3 Å². The predicted octanol–water partition coefficient (Wildman–Crippen LogP) is 4.14. The Morgan fingerprint density at radius 1 is 1.03 bits per heavy atom. The maximum absolute atomic E-state index is 14.5. The van der Waals surface area contributed by atoms with Crippen molar-refractivity contribution < 1.29 is 17.6 Å². The van der Waals surface area contributed by atoms with Gasteiger partial charge in [0.2, 0.25) is 10.0 Å². The van der Waals surface area contributed by atoms with Crippen LogP contribution >= 0.6 is 0 Å². The minimum Gasteiger partial charge on any atom is -0.319 e. The summed E-state index contributed by atoms with van der Waals surface area (Å²) in [5.41, 5.74) is 0.239. The number of benzene rings is 2. The monoisotopic (exact) mass is 485 g/mol. The first-order chi connectivity index (χ1) is 16.0. The van der Waals surface area contributed by atoms with Crippen LogP contribution in [0.1, 0.15) is 56.2 Å². The fraction of sp³-hybridized carbons (Fsp3) is 0.375. The SMILES string of the molecule is CC(C)(C)NS(=O)(=O)c1ccc(C(=O)Nc2cc(-c3nnc4n3CCCCC4)ccc2F)cc1. The van der Waals surface area contributed by atoms with Gasteiger partial charge in [0.05, 0.1) is 10.6 Å². The standard InChI is InChI=1S/C24H28FN5O3S/c1-24(2,3)29-34(32,33)18-11-8-16(9-12-18)23(31)26-20-15-17(10-13-19(20)25)22-28-27-21-7-5-4-6-14-30(21)22/h8-13,15,29H,4-7,14H2,1-3H3,(H,26,31). The minimum absolute atomic E-state index is 0.0135. The minimum atomic E-state index is -3.72.